The molecule has 0 unspecified atom stereocenters. The molecular weight excluding hydrogens is 346 g/mol. The SMILES string of the molecule is CN(C)CCNc1ccc(C(=O)Nc2ccc(Br)cc2)nn1. The van der Waals surface area contributed by atoms with Crippen molar-refractivity contribution >= 4 is 33.3 Å². The summed E-state index contributed by atoms with van der Waals surface area (Å²) in [5.74, 6) is 0.372. The van der Waals surface area contributed by atoms with Crippen molar-refractivity contribution in [2.75, 3.05) is 37.8 Å². The van der Waals surface area contributed by atoms with Gasteiger partial charge in [0.1, 0.15) is 5.82 Å². The zero-order chi connectivity index (χ0) is 15.9. The van der Waals surface area contributed by atoms with E-state index in [4.69, 9.17) is 0 Å². The number of carbonyl (C=O) groups is 1. The standard InChI is InChI=1S/C15H18BrN5O/c1-21(2)10-9-17-14-8-7-13(19-20-14)15(22)18-12-5-3-11(16)4-6-12/h3-8H,9-10H2,1-2H3,(H,17,20)(H,18,22). The van der Waals surface area contributed by atoms with Crippen LogP contribution in [0.3, 0.4) is 0 Å². The molecule has 0 spiro atoms. The minimum absolute atomic E-state index is 0.279. The van der Waals surface area contributed by atoms with Gasteiger partial charge < -0.3 is 15.5 Å². The summed E-state index contributed by atoms with van der Waals surface area (Å²) in [5.41, 5.74) is 0.990. The Bertz CT molecular complexity index is 613. The Morgan fingerprint density at radius 3 is 2.45 bits per heavy atom. The van der Waals surface area contributed by atoms with Gasteiger partial charge in [-0.05, 0) is 50.5 Å². The number of carbonyl (C=O) groups excluding carboxylic acids is 1. The molecule has 0 bridgehead atoms. The van der Waals surface area contributed by atoms with E-state index in [-0.39, 0.29) is 11.6 Å². The molecule has 0 aliphatic heterocycles. The normalized spacial score (nSPS) is 10.5. The highest BCUT2D eigenvalue weighted by Gasteiger charge is 2.08. The van der Waals surface area contributed by atoms with Gasteiger partial charge in [-0.1, -0.05) is 15.9 Å². The Hall–Kier alpha value is -1.99. The van der Waals surface area contributed by atoms with Crippen molar-refractivity contribution in [3.8, 4) is 0 Å². The third-order valence-electron chi connectivity index (χ3n) is 2.86. The van der Waals surface area contributed by atoms with E-state index < -0.39 is 0 Å². The summed E-state index contributed by atoms with van der Waals surface area (Å²) in [6.45, 7) is 1.67. The van der Waals surface area contributed by atoms with Crippen molar-refractivity contribution in [2.24, 2.45) is 0 Å². The molecule has 1 heterocycles. The summed E-state index contributed by atoms with van der Waals surface area (Å²) in [4.78, 5) is 14.1. The van der Waals surface area contributed by atoms with Crippen LogP contribution in [0.5, 0.6) is 0 Å². The second kappa shape index (κ2) is 7.86. The van der Waals surface area contributed by atoms with Gasteiger partial charge in [0.2, 0.25) is 0 Å². The van der Waals surface area contributed by atoms with Crippen LogP contribution >= 0.6 is 15.9 Å². The lowest BCUT2D eigenvalue weighted by molar-refractivity contribution is 0.102. The Morgan fingerprint density at radius 2 is 1.86 bits per heavy atom. The third-order valence-corrected chi connectivity index (χ3v) is 3.39. The van der Waals surface area contributed by atoms with E-state index in [0.717, 1.165) is 17.6 Å². The molecule has 7 heteroatoms. The largest absolute Gasteiger partial charge is 0.367 e. The molecule has 1 amide bonds. The van der Waals surface area contributed by atoms with E-state index in [9.17, 15) is 4.79 Å². The highest BCUT2D eigenvalue weighted by molar-refractivity contribution is 9.10. The van der Waals surface area contributed by atoms with Gasteiger partial charge in [0.15, 0.2) is 5.69 Å². The van der Waals surface area contributed by atoms with Gasteiger partial charge in [0.05, 0.1) is 0 Å². The number of anilines is 2. The molecule has 0 aliphatic carbocycles. The van der Waals surface area contributed by atoms with Crippen molar-refractivity contribution in [3.05, 3.63) is 46.6 Å². The number of benzene rings is 1. The lowest BCUT2D eigenvalue weighted by Crippen LogP contribution is -2.21. The van der Waals surface area contributed by atoms with Crippen molar-refractivity contribution in [1.82, 2.24) is 15.1 Å². The molecule has 0 saturated heterocycles. The van der Waals surface area contributed by atoms with Crippen LogP contribution in [0.15, 0.2) is 40.9 Å². The smallest absolute Gasteiger partial charge is 0.276 e. The maximum atomic E-state index is 12.1. The van der Waals surface area contributed by atoms with Crippen LogP contribution < -0.4 is 10.6 Å². The summed E-state index contributed by atoms with van der Waals surface area (Å²) < 4.78 is 0.957. The Labute approximate surface area is 138 Å². The highest BCUT2D eigenvalue weighted by atomic mass is 79.9. The minimum atomic E-state index is -0.283. The molecule has 0 atom stereocenters. The quantitative estimate of drug-likeness (QED) is 0.824. The summed E-state index contributed by atoms with van der Waals surface area (Å²) >= 11 is 3.35. The summed E-state index contributed by atoms with van der Waals surface area (Å²) in [6.07, 6.45) is 0. The molecule has 22 heavy (non-hydrogen) atoms. The minimum Gasteiger partial charge on any atom is -0.367 e. The zero-order valence-electron chi connectivity index (χ0n) is 12.5. The number of amides is 1. The fraction of sp³-hybridized carbons (Fsp3) is 0.267. The van der Waals surface area contributed by atoms with Crippen LogP contribution in [-0.4, -0.2) is 48.2 Å². The maximum Gasteiger partial charge on any atom is 0.276 e. The van der Waals surface area contributed by atoms with Gasteiger partial charge in [-0.2, -0.15) is 0 Å². The van der Waals surface area contributed by atoms with Crippen LogP contribution in [0.1, 0.15) is 10.5 Å². The Morgan fingerprint density at radius 1 is 1.14 bits per heavy atom. The van der Waals surface area contributed by atoms with Crippen LogP contribution in [0.25, 0.3) is 0 Å². The van der Waals surface area contributed by atoms with Gasteiger partial charge >= 0.3 is 0 Å². The van der Waals surface area contributed by atoms with Crippen LogP contribution in [0, 0.1) is 0 Å². The first-order chi connectivity index (χ1) is 10.5. The van der Waals surface area contributed by atoms with Crippen LogP contribution in [-0.2, 0) is 0 Å². The molecular formula is C15H18BrN5O. The molecule has 0 fully saturated rings. The fourth-order valence-corrected chi connectivity index (χ4v) is 1.95. The number of hydrogen-bond donors (Lipinski definition) is 2. The number of likely N-dealkylation sites (N-methyl/N-ethyl adjacent to an activating group) is 1. The Kier molecular flexibility index (Phi) is 5.85. The van der Waals surface area contributed by atoms with E-state index >= 15 is 0 Å². The van der Waals surface area contributed by atoms with Gasteiger partial charge in [0, 0.05) is 23.2 Å². The fourth-order valence-electron chi connectivity index (χ4n) is 1.68. The number of nitrogens with one attached hydrogen (secondary N) is 2. The predicted octanol–water partition coefficient (Wildman–Crippen LogP) is 2.46. The molecule has 1 aromatic carbocycles. The topological polar surface area (TPSA) is 70.2 Å². The molecule has 0 radical (unpaired) electrons. The Balaban J connectivity index is 1.91. The number of hydrogen-bond acceptors (Lipinski definition) is 5. The summed E-state index contributed by atoms with van der Waals surface area (Å²) in [5, 5.41) is 13.9. The molecule has 116 valence electrons. The number of aromatic nitrogens is 2. The van der Waals surface area contributed by atoms with E-state index in [1.54, 1.807) is 12.1 Å². The molecule has 0 aliphatic rings. The first kappa shape index (κ1) is 16.4. The monoisotopic (exact) mass is 363 g/mol. The van der Waals surface area contributed by atoms with Crippen LogP contribution in [0.4, 0.5) is 11.5 Å². The highest BCUT2D eigenvalue weighted by Crippen LogP contribution is 2.14. The van der Waals surface area contributed by atoms with E-state index in [0.29, 0.717) is 11.5 Å². The van der Waals surface area contributed by atoms with E-state index in [2.05, 4.69) is 41.7 Å². The molecule has 2 aromatic rings. The lowest BCUT2D eigenvalue weighted by atomic mass is 10.3. The van der Waals surface area contributed by atoms with Crippen molar-refractivity contribution in [1.29, 1.82) is 0 Å². The molecule has 0 saturated carbocycles. The third kappa shape index (κ3) is 5.09. The van der Waals surface area contributed by atoms with Crippen molar-refractivity contribution in [3.63, 3.8) is 0 Å². The summed E-state index contributed by atoms with van der Waals surface area (Å²) in [7, 11) is 4.01. The van der Waals surface area contributed by atoms with Crippen molar-refractivity contribution in [2.45, 2.75) is 0 Å². The second-order valence-electron chi connectivity index (χ2n) is 4.99. The van der Waals surface area contributed by atoms with Gasteiger partial charge in [-0.25, -0.2) is 0 Å². The first-order valence-electron chi connectivity index (χ1n) is 6.84. The second-order valence-corrected chi connectivity index (χ2v) is 5.91. The average Bonchev–Trinajstić information content (AvgIpc) is 2.50. The zero-order valence-corrected chi connectivity index (χ0v) is 14.1. The first-order valence-corrected chi connectivity index (χ1v) is 7.63. The van der Waals surface area contributed by atoms with Gasteiger partial charge in [-0.3, -0.25) is 4.79 Å². The van der Waals surface area contributed by atoms with Crippen LogP contribution in [0.2, 0.25) is 0 Å². The molecule has 6 nitrogen and oxygen atoms in total. The van der Waals surface area contributed by atoms with Crippen molar-refractivity contribution < 1.29 is 4.79 Å². The van der Waals surface area contributed by atoms with E-state index in [1.807, 2.05) is 38.4 Å². The lowest BCUT2D eigenvalue weighted by Gasteiger charge is -2.10. The molecule has 2 N–H and O–H groups in total. The molecule has 2 rings (SSSR count). The van der Waals surface area contributed by atoms with Gasteiger partial charge in [-0.15, -0.1) is 10.2 Å². The number of halogens is 1. The maximum absolute atomic E-state index is 12.1. The molecule has 1 aromatic heterocycles. The number of nitrogens with zero attached hydrogens (tertiary/aromatic N) is 3. The van der Waals surface area contributed by atoms with E-state index in [1.165, 1.54) is 0 Å². The predicted molar refractivity (Wildman–Crippen MR) is 91.2 cm³/mol. The van der Waals surface area contributed by atoms with Gasteiger partial charge in [0.25, 0.3) is 5.91 Å². The summed E-state index contributed by atoms with van der Waals surface area (Å²) in [6, 6.07) is 10.7. The average molecular weight is 364 g/mol. The number of rotatable bonds is 6.